The molecule has 1 atom stereocenters. The summed E-state index contributed by atoms with van der Waals surface area (Å²) in [6.45, 7) is 4.40. The largest absolute Gasteiger partial charge is 0.478 e. The first-order chi connectivity index (χ1) is 13.0. The Labute approximate surface area is 160 Å². The van der Waals surface area contributed by atoms with E-state index >= 15 is 0 Å². The quantitative estimate of drug-likeness (QED) is 0.707. The van der Waals surface area contributed by atoms with Gasteiger partial charge in [-0.05, 0) is 24.0 Å². The highest BCUT2D eigenvalue weighted by molar-refractivity contribution is 6.13. The predicted molar refractivity (Wildman–Crippen MR) is 106 cm³/mol. The number of amides is 1. The van der Waals surface area contributed by atoms with Crippen LogP contribution in [0, 0.1) is 5.92 Å². The maximum absolute atomic E-state index is 13.1. The Balaban J connectivity index is 2.13. The molecule has 140 valence electrons. The highest BCUT2D eigenvalue weighted by Gasteiger charge is 2.37. The van der Waals surface area contributed by atoms with Crippen LogP contribution >= 0.6 is 0 Å². The van der Waals surface area contributed by atoms with Crippen LogP contribution in [0.3, 0.4) is 0 Å². The second kappa shape index (κ2) is 8.21. The summed E-state index contributed by atoms with van der Waals surface area (Å²) in [6.07, 6.45) is 2.76. The van der Waals surface area contributed by atoms with Gasteiger partial charge in [-0.2, -0.15) is 0 Å². The topological polar surface area (TPSA) is 57.6 Å². The lowest BCUT2D eigenvalue weighted by atomic mass is 9.91. The van der Waals surface area contributed by atoms with Gasteiger partial charge in [-0.15, -0.1) is 0 Å². The molecule has 0 aliphatic carbocycles. The standard InChI is InChI=1S/C23H25NO3/c1-3-4-10-16(2)20(23(26)27)21-18-13-8-9-14-19(18)22(25)24(21)15-17-11-6-5-7-12-17/h5-9,11-14,16H,3-4,10,15H2,1-2H3,(H,26,27)/b21-20+. The van der Waals surface area contributed by atoms with E-state index in [1.807, 2.05) is 55.5 Å². The number of fused-ring (bicyclic) bond motifs is 1. The van der Waals surface area contributed by atoms with Crippen LogP contribution in [0.2, 0.25) is 0 Å². The molecule has 3 rings (SSSR count). The molecule has 0 fully saturated rings. The number of hydrogen-bond acceptors (Lipinski definition) is 2. The highest BCUT2D eigenvalue weighted by atomic mass is 16.4. The third-order valence-electron chi connectivity index (χ3n) is 5.08. The highest BCUT2D eigenvalue weighted by Crippen LogP contribution is 2.39. The molecule has 0 saturated heterocycles. The van der Waals surface area contributed by atoms with Crippen molar-refractivity contribution in [2.24, 2.45) is 5.92 Å². The number of carbonyl (C=O) groups is 2. The van der Waals surface area contributed by atoms with Crippen LogP contribution < -0.4 is 0 Å². The number of carbonyl (C=O) groups excluding carboxylic acids is 1. The van der Waals surface area contributed by atoms with Crippen LogP contribution in [-0.4, -0.2) is 21.9 Å². The molecular formula is C23H25NO3. The van der Waals surface area contributed by atoms with Crippen molar-refractivity contribution < 1.29 is 14.7 Å². The fraction of sp³-hybridized carbons (Fsp3) is 0.304. The van der Waals surface area contributed by atoms with Gasteiger partial charge in [0.1, 0.15) is 0 Å². The van der Waals surface area contributed by atoms with Gasteiger partial charge in [-0.3, -0.25) is 4.79 Å². The number of benzene rings is 2. The molecule has 0 aromatic heterocycles. The minimum Gasteiger partial charge on any atom is -0.478 e. The molecule has 4 heteroatoms. The molecule has 0 saturated carbocycles. The van der Waals surface area contributed by atoms with Crippen LogP contribution in [-0.2, 0) is 11.3 Å². The minimum atomic E-state index is -0.948. The number of nitrogens with zero attached hydrogens (tertiary/aromatic N) is 1. The molecule has 1 unspecified atom stereocenters. The van der Waals surface area contributed by atoms with Crippen LogP contribution in [0.4, 0.5) is 0 Å². The Morgan fingerprint density at radius 1 is 1.04 bits per heavy atom. The molecule has 1 amide bonds. The van der Waals surface area contributed by atoms with Gasteiger partial charge in [-0.25, -0.2) is 4.79 Å². The van der Waals surface area contributed by atoms with E-state index in [1.165, 1.54) is 0 Å². The first-order valence-electron chi connectivity index (χ1n) is 9.47. The first-order valence-corrected chi connectivity index (χ1v) is 9.47. The third kappa shape index (κ3) is 3.80. The van der Waals surface area contributed by atoms with Crippen LogP contribution in [0.1, 0.15) is 54.6 Å². The number of aliphatic carboxylic acids is 1. The minimum absolute atomic E-state index is 0.130. The molecular weight excluding hydrogens is 338 g/mol. The zero-order chi connectivity index (χ0) is 19.4. The van der Waals surface area contributed by atoms with Crippen LogP contribution in [0.15, 0.2) is 60.2 Å². The summed E-state index contributed by atoms with van der Waals surface area (Å²) in [5.41, 5.74) is 3.15. The average Bonchev–Trinajstić information content (AvgIpc) is 2.94. The summed E-state index contributed by atoms with van der Waals surface area (Å²) in [6, 6.07) is 17.0. The summed E-state index contributed by atoms with van der Waals surface area (Å²) < 4.78 is 0. The number of unbranched alkanes of at least 4 members (excludes halogenated alkanes) is 1. The van der Waals surface area contributed by atoms with E-state index in [0.717, 1.165) is 30.4 Å². The van der Waals surface area contributed by atoms with Gasteiger partial charge in [0.2, 0.25) is 0 Å². The van der Waals surface area contributed by atoms with Gasteiger partial charge in [0, 0.05) is 11.1 Å². The summed E-state index contributed by atoms with van der Waals surface area (Å²) in [5.74, 6) is -1.21. The van der Waals surface area contributed by atoms with Crippen molar-refractivity contribution in [2.45, 2.75) is 39.7 Å². The smallest absolute Gasteiger partial charge is 0.333 e. The molecule has 0 bridgehead atoms. The number of carboxylic acid groups (broad SMARTS) is 1. The predicted octanol–water partition coefficient (Wildman–Crippen LogP) is 4.96. The van der Waals surface area contributed by atoms with Crippen molar-refractivity contribution in [2.75, 3.05) is 0 Å². The zero-order valence-corrected chi connectivity index (χ0v) is 15.8. The van der Waals surface area contributed by atoms with E-state index < -0.39 is 5.97 Å². The van der Waals surface area contributed by atoms with Gasteiger partial charge in [0.05, 0.1) is 17.8 Å². The van der Waals surface area contributed by atoms with Gasteiger partial charge in [0.15, 0.2) is 0 Å². The average molecular weight is 363 g/mol. The lowest BCUT2D eigenvalue weighted by molar-refractivity contribution is -0.133. The third-order valence-corrected chi connectivity index (χ3v) is 5.08. The zero-order valence-electron chi connectivity index (χ0n) is 15.8. The molecule has 0 spiro atoms. The fourth-order valence-corrected chi connectivity index (χ4v) is 3.68. The lowest BCUT2D eigenvalue weighted by Crippen LogP contribution is -2.26. The fourth-order valence-electron chi connectivity index (χ4n) is 3.68. The van der Waals surface area contributed by atoms with Crippen molar-refractivity contribution in [3.63, 3.8) is 0 Å². The summed E-state index contributed by atoms with van der Waals surface area (Å²) >= 11 is 0. The molecule has 0 radical (unpaired) electrons. The van der Waals surface area contributed by atoms with Crippen molar-refractivity contribution >= 4 is 17.6 Å². The Kier molecular flexibility index (Phi) is 5.75. The SMILES string of the molecule is CCCCC(C)/C(C(=O)O)=C1/c2ccccc2C(=O)N1Cc1ccccc1. The molecule has 1 heterocycles. The molecule has 27 heavy (non-hydrogen) atoms. The Morgan fingerprint density at radius 2 is 1.67 bits per heavy atom. The number of carboxylic acids is 1. The summed E-state index contributed by atoms with van der Waals surface area (Å²) in [7, 11) is 0. The molecule has 4 nitrogen and oxygen atoms in total. The second-order valence-electron chi connectivity index (χ2n) is 7.03. The normalized spacial score (nSPS) is 16.2. The molecule has 1 aliphatic rings. The summed E-state index contributed by atoms with van der Waals surface area (Å²) in [4.78, 5) is 26.9. The van der Waals surface area contributed by atoms with Crippen molar-refractivity contribution in [3.8, 4) is 0 Å². The van der Waals surface area contributed by atoms with Crippen molar-refractivity contribution in [1.29, 1.82) is 0 Å². The van der Waals surface area contributed by atoms with Gasteiger partial charge < -0.3 is 10.0 Å². The summed E-state index contributed by atoms with van der Waals surface area (Å²) in [5, 5.41) is 10.0. The molecule has 1 aliphatic heterocycles. The number of rotatable bonds is 7. The van der Waals surface area contributed by atoms with Gasteiger partial charge in [0.25, 0.3) is 5.91 Å². The Hall–Kier alpha value is -2.88. The van der Waals surface area contributed by atoms with Crippen molar-refractivity contribution in [3.05, 3.63) is 76.9 Å². The lowest BCUT2D eigenvalue weighted by Gasteiger charge is -2.23. The second-order valence-corrected chi connectivity index (χ2v) is 7.03. The van der Waals surface area contributed by atoms with E-state index in [9.17, 15) is 14.7 Å². The monoisotopic (exact) mass is 363 g/mol. The maximum Gasteiger partial charge on any atom is 0.333 e. The first kappa shape index (κ1) is 18.9. The molecule has 1 N–H and O–H groups in total. The molecule has 2 aromatic rings. The van der Waals surface area contributed by atoms with E-state index in [-0.39, 0.29) is 11.8 Å². The van der Waals surface area contributed by atoms with E-state index in [0.29, 0.717) is 23.4 Å². The number of hydrogen-bond donors (Lipinski definition) is 1. The van der Waals surface area contributed by atoms with Gasteiger partial charge >= 0.3 is 5.97 Å². The van der Waals surface area contributed by atoms with Gasteiger partial charge in [-0.1, -0.05) is 75.2 Å². The molecule has 2 aromatic carbocycles. The Bertz CT molecular complexity index is 870. The van der Waals surface area contributed by atoms with Crippen LogP contribution in [0.5, 0.6) is 0 Å². The van der Waals surface area contributed by atoms with Crippen LogP contribution in [0.25, 0.3) is 5.70 Å². The maximum atomic E-state index is 13.1. The van der Waals surface area contributed by atoms with E-state index in [2.05, 4.69) is 6.92 Å². The Morgan fingerprint density at radius 3 is 2.30 bits per heavy atom. The van der Waals surface area contributed by atoms with E-state index in [4.69, 9.17) is 0 Å². The van der Waals surface area contributed by atoms with Crippen molar-refractivity contribution in [1.82, 2.24) is 4.90 Å². The van der Waals surface area contributed by atoms with E-state index in [1.54, 1.807) is 11.0 Å².